The number of aliphatic hydroxyl groups excluding tert-OH is 1. The molecule has 0 radical (unpaired) electrons. The van der Waals surface area contributed by atoms with E-state index in [4.69, 9.17) is 16.0 Å². The van der Waals surface area contributed by atoms with Crippen LogP contribution in [0.4, 0.5) is 0 Å². The highest BCUT2D eigenvalue weighted by atomic mass is 127. The maximum Gasteiger partial charge on any atom is 0.340 e. The van der Waals surface area contributed by atoms with Gasteiger partial charge in [0, 0.05) is 27.0 Å². The lowest BCUT2D eigenvalue weighted by Crippen LogP contribution is -2.18. The van der Waals surface area contributed by atoms with E-state index in [-0.39, 0.29) is 12.0 Å². The van der Waals surface area contributed by atoms with Gasteiger partial charge in [0.1, 0.15) is 5.58 Å². The Morgan fingerprint density at radius 3 is 2.52 bits per heavy atom. The second-order valence-corrected chi connectivity index (χ2v) is 6.63. The van der Waals surface area contributed by atoms with Gasteiger partial charge in [0.05, 0.1) is 10.6 Å². The maximum atomic E-state index is 12.3. The van der Waals surface area contributed by atoms with Crippen LogP contribution < -0.4 is 5.63 Å². The summed E-state index contributed by atoms with van der Waals surface area (Å²) in [7, 11) is 0. The summed E-state index contributed by atoms with van der Waals surface area (Å²) in [5, 5.41) is 19.9. The molecule has 3 aromatic rings. The second kappa shape index (κ2) is 6.60. The second-order valence-electron chi connectivity index (χ2n) is 5.06. The number of aliphatic hydroxyl groups is 2. The van der Waals surface area contributed by atoms with Crippen LogP contribution >= 0.6 is 34.2 Å². The third-order valence-electron chi connectivity index (χ3n) is 3.49. The first-order chi connectivity index (χ1) is 11.0. The van der Waals surface area contributed by atoms with Crippen molar-refractivity contribution in [3.8, 4) is 11.1 Å². The zero-order valence-corrected chi connectivity index (χ0v) is 14.7. The van der Waals surface area contributed by atoms with Crippen LogP contribution in [0.25, 0.3) is 22.1 Å². The molecule has 0 unspecified atom stereocenters. The molecule has 0 fully saturated rings. The average molecular weight is 443 g/mol. The van der Waals surface area contributed by atoms with Crippen LogP contribution in [0.3, 0.4) is 0 Å². The van der Waals surface area contributed by atoms with Crippen molar-refractivity contribution in [2.45, 2.75) is 12.7 Å². The number of hydrogen-bond donors (Lipinski definition) is 2. The zero-order chi connectivity index (χ0) is 16.6. The maximum absolute atomic E-state index is 12.3. The molecular weight excluding hydrogens is 431 g/mol. The topological polar surface area (TPSA) is 70.7 Å². The van der Waals surface area contributed by atoms with Crippen molar-refractivity contribution in [2.24, 2.45) is 0 Å². The highest BCUT2D eigenvalue weighted by molar-refractivity contribution is 14.1. The smallest absolute Gasteiger partial charge is 0.340 e. The highest BCUT2D eigenvalue weighted by Crippen LogP contribution is 2.34. The third-order valence-corrected chi connectivity index (χ3v) is 5.02. The zero-order valence-electron chi connectivity index (χ0n) is 11.8. The van der Waals surface area contributed by atoms with Gasteiger partial charge >= 0.3 is 5.63 Å². The number of halogens is 2. The third kappa shape index (κ3) is 3.28. The van der Waals surface area contributed by atoms with E-state index in [0.29, 0.717) is 21.6 Å². The van der Waals surface area contributed by atoms with Crippen molar-refractivity contribution in [2.75, 3.05) is 0 Å². The van der Waals surface area contributed by atoms with Crippen LogP contribution in [0.2, 0.25) is 5.02 Å². The van der Waals surface area contributed by atoms with Gasteiger partial charge in [0.2, 0.25) is 0 Å². The fourth-order valence-electron chi connectivity index (χ4n) is 2.54. The molecule has 0 atom stereocenters. The van der Waals surface area contributed by atoms with Gasteiger partial charge in [-0.05, 0) is 34.2 Å². The Kier molecular flexibility index (Phi) is 4.72. The van der Waals surface area contributed by atoms with Gasteiger partial charge in [-0.25, -0.2) is 4.79 Å². The van der Waals surface area contributed by atoms with Gasteiger partial charge < -0.3 is 14.6 Å². The number of hydrogen-bond acceptors (Lipinski definition) is 4. The van der Waals surface area contributed by atoms with Crippen molar-refractivity contribution in [3.05, 3.63) is 67.0 Å². The summed E-state index contributed by atoms with van der Waals surface area (Å²) >= 11 is 8.22. The largest absolute Gasteiger partial charge is 0.422 e. The molecule has 0 spiro atoms. The van der Waals surface area contributed by atoms with Crippen LogP contribution in [0.5, 0.6) is 0 Å². The molecule has 3 rings (SSSR count). The van der Waals surface area contributed by atoms with Crippen molar-refractivity contribution in [1.82, 2.24) is 0 Å². The highest BCUT2D eigenvalue weighted by Gasteiger charge is 2.19. The predicted octanol–water partition coefficient (Wildman–Crippen LogP) is 3.57. The first-order valence-corrected chi connectivity index (χ1v) is 8.29. The Morgan fingerprint density at radius 1 is 1.17 bits per heavy atom. The molecule has 2 aromatic carbocycles. The van der Waals surface area contributed by atoms with Crippen LogP contribution in [-0.4, -0.2) is 16.5 Å². The first-order valence-electron chi connectivity index (χ1n) is 6.83. The summed E-state index contributed by atoms with van der Waals surface area (Å²) in [4.78, 5) is 12.3. The molecule has 23 heavy (non-hydrogen) atoms. The Labute approximate surface area is 150 Å². The van der Waals surface area contributed by atoms with Crippen LogP contribution in [0.15, 0.2) is 51.7 Å². The van der Waals surface area contributed by atoms with Crippen molar-refractivity contribution < 1.29 is 14.6 Å². The molecule has 0 bridgehead atoms. The van der Waals surface area contributed by atoms with E-state index in [2.05, 4.69) is 22.6 Å². The van der Waals surface area contributed by atoms with Gasteiger partial charge in [-0.1, -0.05) is 41.9 Å². The number of rotatable bonds is 3. The number of fused-ring (bicyclic) bond motifs is 1. The molecule has 0 amide bonds. The summed E-state index contributed by atoms with van der Waals surface area (Å²) in [5.74, 6) is 0. The minimum absolute atomic E-state index is 0.207. The van der Waals surface area contributed by atoms with Crippen molar-refractivity contribution in [1.29, 1.82) is 0 Å². The Hall–Kier alpha value is -1.41. The molecule has 1 heterocycles. The molecule has 1 aromatic heterocycles. The van der Waals surface area contributed by atoms with E-state index in [1.165, 1.54) is 0 Å². The Bertz CT molecular complexity index is 919. The van der Waals surface area contributed by atoms with Gasteiger partial charge in [-0.3, -0.25) is 0 Å². The molecule has 6 heteroatoms. The number of benzene rings is 2. The van der Waals surface area contributed by atoms with Crippen LogP contribution in [0, 0.1) is 3.57 Å². The molecule has 0 aliphatic rings. The average Bonchev–Trinajstić information content (AvgIpc) is 2.51. The molecule has 0 saturated carbocycles. The molecule has 0 aliphatic carbocycles. The minimum Gasteiger partial charge on any atom is -0.422 e. The monoisotopic (exact) mass is 442 g/mol. The molecule has 4 nitrogen and oxygen atoms in total. The standard InChI is InChI=1S/C17H12ClIO4/c18-12-8-14-10(6-13(12)19)16(9-4-2-1-3-5-9)11(7-15(20)21)17(22)23-14/h1-6,8,15,20-21H,7H2. The fraction of sp³-hybridized carbons (Fsp3) is 0.118. The Balaban J connectivity index is 2.44. The van der Waals surface area contributed by atoms with E-state index in [1.54, 1.807) is 6.07 Å². The molecule has 0 saturated heterocycles. The van der Waals surface area contributed by atoms with Crippen LogP contribution in [0.1, 0.15) is 5.56 Å². The lowest BCUT2D eigenvalue weighted by Gasteiger charge is -2.13. The van der Waals surface area contributed by atoms with Crippen molar-refractivity contribution in [3.63, 3.8) is 0 Å². The summed E-state index contributed by atoms with van der Waals surface area (Å²) in [5.41, 5.74) is 1.45. The quantitative estimate of drug-likeness (QED) is 0.370. The van der Waals surface area contributed by atoms with E-state index < -0.39 is 11.9 Å². The SMILES string of the molecule is O=c1oc2cc(Cl)c(I)cc2c(-c2ccccc2)c1CC(O)O. The lowest BCUT2D eigenvalue weighted by molar-refractivity contribution is -0.0385. The molecule has 118 valence electrons. The normalized spacial score (nSPS) is 11.3. The molecule has 2 N–H and O–H groups in total. The molecular formula is C17H12ClIO4. The lowest BCUT2D eigenvalue weighted by atomic mass is 9.95. The molecule has 0 aliphatic heterocycles. The van der Waals surface area contributed by atoms with Gasteiger partial charge in [0.25, 0.3) is 0 Å². The van der Waals surface area contributed by atoms with Gasteiger partial charge in [-0.2, -0.15) is 0 Å². The fourth-order valence-corrected chi connectivity index (χ4v) is 3.16. The van der Waals surface area contributed by atoms with Gasteiger partial charge in [0.15, 0.2) is 6.29 Å². The van der Waals surface area contributed by atoms with Gasteiger partial charge in [-0.15, -0.1) is 0 Å². The first kappa shape index (κ1) is 16.4. The van der Waals surface area contributed by atoms with Crippen molar-refractivity contribution >= 4 is 45.2 Å². The van der Waals surface area contributed by atoms with Crippen LogP contribution in [-0.2, 0) is 6.42 Å². The Morgan fingerprint density at radius 2 is 1.87 bits per heavy atom. The summed E-state index contributed by atoms with van der Waals surface area (Å²) in [6.45, 7) is 0. The minimum atomic E-state index is -1.64. The summed E-state index contributed by atoms with van der Waals surface area (Å²) in [6, 6.07) is 12.7. The van der Waals surface area contributed by atoms with E-state index in [1.807, 2.05) is 36.4 Å². The van der Waals surface area contributed by atoms with E-state index in [9.17, 15) is 15.0 Å². The van der Waals surface area contributed by atoms with E-state index in [0.717, 1.165) is 9.13 Å². The van der Waals surface area contributed by atoms with E-state index >= 15 is 0 Å². The summed E-state index contributed by atoms with van der Waals surface area (Å²) < 4.78 is 6.14. The summed E-state index contributed by atoms with van der Waals surface area (Å²) in [6.07, 6.45) is -1.84. The predicted molar refractivity (Wildman–Crippen MR) is 97.6 cm³/mol.